The van der Waals surface area contributed by atoms with Gasteiger partial charge in [0.1, 0.15) is 11.8 Å². The highest BCUT2D eigenvalue weighted by molar-refractivity contribution is 9.10. The molecule has 0 spiro atoms. The van der Waals surface area contributed by atoms with Crippen LogP contribution in [0.4, 0.5) is 0 Å². The molecule has 4 heterocycles. The number of H-pyrrole nitrogens is 1. The molecule has 9 heteroatoms. The van der Waals surface area contributed by atoms with Gasteiger partial charge < -0.3 is 19.5 Å². The third-order valence-corrected chi connectivity index (χ3v) is 9.68. The molecule has 6 rings (SSSR count). The molecular formula is C29H33BrN4O2S2. The summed E-state index contributed by atoms with van der Waals surface area (Å²) < 4.78 is 7.13. The summed E-state index contributed by atoms with van der Waals surface area (Å²) in [6.07, 6.45) is 1.67. The van der Waals surface area contributed by atoms with Crippen LogP contribution in [0.25, 0.3) is 10.9 Å². The monoisotopic (exact) mass is 612 g/mol. The van der Waals surface area contributed by atoms with Gasteiger partial charge in [0.25, 0.3) is 5.91 Å². The number of aromatic amines is 1. The number of thiocarbonyl (C=S) groups is 1. The number of amides is 1. The molecule has 3 aliphatic heterocycles. The van der Waals surface area contributed by atoms with Gasteiger partial charge in [0.15, 0.2) is 5.11 Å². The predicted molar refractivity (Wildman–Crippen MR) is 162 cm³/mol. The van der Waals surface area contributed by atoms with Gasteiger partial charge in [-0.1, -0.05) is 28.1 Å². The number of nitrogens with zero attached hydrogens (tertiary/aromatic N) is 3. The third-order valence-electron chi connectivity index (χ3n) is 7.84. The summed E-state index contributed by atoms with van der Waals surface area (Å²) >= 11 is 11.6. The summed E-state index contributed by atoms with van der Waals surface area (Å²) in [6.45, 7) is 8.23. The number of hydrogen-bond donors (Lipinski definition) is 1. The standard InChI is InChI=1S/C29H33BrN4O2S2/c1-18(2)33-28(35)25-17-23-22-16-20(30)6-9-24(22)31-26(23)27(34(25)29(33)37)19-4-7-21(8-5-19)36-13-3-10-32-11-14-38-15-12-32/h4-9,16,18,25,27,31H,3,10-15,17H2,1-2H3. The highest BCUT2D eigenvalue weighted by Gasteiger charge is 2.51. The molecule has 1 aromatic heterocycles. The van der Waals surface area contributed by atoms with Crippen LogP contribution in [0.2, 0.25) is 0 Å². The maximum Gasteiger partial charge on any atom is 0.252 e. The van der Waals surface area contributed by atoms with E-state index in [0.717, 1.165) is 45.3 Å². The Kier molecular flexibility index (Phi) is 7.46. The van der Waals surface area contributed by atoms with Gasteiger partial charge in [0, 0.05) is 64.7 Å². The van der Waals surface area contributed by atoms with Gasteiger partial charge in [0.05, 0.1) is 12.6 Å². The Morgan fingerprint density at radius 1 is 1.16 bits per heavy atom. The van der Waals surface area contributed by atoms with Crippen molar-refractivity contribution in [2.45, 2.75) is 44.8 Å². The first-order valence-corrected chi connectivity index (χ1v) is 15.8. The van der Waals surface area contributed by atoms with Gasteiger partial charge in [-0.25, -0.2) is 0 Å². The molecule has 2 unspecified atom stereocenters. The number of rotatable bonds is 7. The fourth-order valence-electron chi connectivity index (χ4n) is 5.99. The molecule has 0 bridgehead atoms. The van der Waals surface area contributed by atoms with Crippen molar-refractivity contribution < 1.29 is 9.53 Å². The number of benzene rings is 2. The molecule has 0 aliphatic carbocycles. The molecule has 1 amide bonds. The van der Waals surface area contributed by atoms with Gasteiger partial charge in [-0.15, -0.1) is 0 Å². The van der Waals surface area contributed by atoms with Crippen LogP contribution in [0.3, 0.4) is 0 Å². The first-order valence-electron chi connectivity index (χ1n) is 13.4. The summed E-state index contributed by atoms with van der Waals surface area (Å²) in [6, 6.07) is 14.2. The number of aromatic nitrogens is 1. The lowest BCUT2D eigenvalue weighted by atomic mass is 9.89. The van der Waals surface area contributed by atoms with Crippen LogP contribution in [-0.2, 0) is 11.2 Å². The van der Waals surface area contributed by atoms with Crippen LogP contribution in [0.1, 0.15) is 43.1 Å². The SMILES string of the molecule is CC(C)N1C(=O)C2Cc3c([nH]c4ccc(Br)cc34)C(c3ccc(OCCCN4CCSCC4)cc3)N2C1=S. The van der Waals surface area contributed by atoms with E-state index < -0.39 is 0 Å². The molecule has 2 fully saturated rings. The van der Waals surface area contributed by atoms with Crippen LogP contribution in [0, 0.1) is 0 Å². The smallest absolute Gasteiger partial charge is 0.252 e. The Morgan fingerprint density at radius 3 is 2.66 bits per heavy atom. The molecular weight excluding hydrogens is 580 g/mol. The van der Waals surface area contributed by atoms with Crippen molar-refractivity contribution in [2.24, 2.45) is 0 Å². The topological polar surface area (TPSA) is 51.8 Å². The lowest BCUT2D eigenvalue weighted by Crippen LogP contribution is -2.44. The maximum atomic E-state index is 13.6. The molecule has 1 N–H and O–H groups in total. The first-order chi connectivity index (χ1) is 18.4. The van der Waals surface area contributed by atoms with E-state index in [0.29, 0.717) is 18.1 Å². The molecule has 2 aromatic carbocycles. The number of thioether (sulfide) groups is 1. The number of halogens is 1. The van der Waals surface area contributed by atoms with Crippen molar-refractivity contribution in [1.82, 2.24) is 19.7 Å². The zero-order chi connectivity index (χ0) is 26.4. The van der Waals surface area contributed by atoms with Crippen LogP contribution in [0.5, 0.6) is 5.75 Å². The number of carbonyl (C=O) groups is 1. The summed E-state index contributed by atoms with van der Waals surface area (Å²) in [5.41, 5.74) is 4.49. The number of ether oxygens (including phenoxy) is 1. The Hall–Kier alpha value is -2.07. The van der Waals surface area contributed by atoms with Crippen molar-refractivity contribution >= 4 is 61.8 Å². The van der Waals surface area contributed by atoms with Crippen molar-refractivity contribution in [3.05, 3.63) is 63.8 Å². The fraction of sp³-hybridized carbons (Fsp3) is 0.448. The minimum absolute atomic E-state index is 0.0185. The zero-order valence-electron chi connectivity index (χ0n) is 21.8. The van der Waals surface area contributed by atoms with Gasteiger partial charge in [-0.2, -0.15) is 11.8 Å². The Labute approximate surface area is 242 Å². The molecule has 6 nitrogen and oxygen atoms in total. The molecule has 3 aromatic rings. The minimum atomic E-state index is -0.301. The highest BCUT2D eigenvalue weighted by atomic mass is 79.9. The molecule has 3 aliphatic rings. The molecule has 200 valence electrons. The van der Waals surface area contributed by atoms with E-state index in [4.69, 9.17) is 17.0 Å². The highest BCUT2D eigenvalue weighted by Crippen LogP contribution is 2.45. The summed E-state index contributed by atoms with van der Waals surface area (Å²) in [5.74, 6) is 3.44. The van der Waals surface area contributed by atoms with E-state index >= 15 is 0 Å². The second kappa shape index (κ2) is 10.8. The number of fused-ring (bicyclic) bond motifs is 4. The van der Waals surface area contributed by atoms with Gasteiger partial charge >= 0.3 is 0 Å². The Bertz CT molecular complexity index is 1350. The summed E-state index contributed by atoms with van der Waals surface area (Å²) in [4.78, 5) is 23.7. The predicted octanol–water partition coefficient (Wildman–Crippen LogP) is 5.60. The van der Waals surface area contributed by atoms with Gasteiger partial charge in [0.2, 0.25) is 0 Å². The lowest BCUT2D eigenvalue weighted by Gasteiger charge is -2.37. The average molecular weight is 614 g/mol. The summed E-state index contributed by atoms with van der Waals surface area (Å²) in [7, 11) is 0. The van der Waals surface area contributed by atoms with E-state index in [1.807, 2.05) is 31.7 Å². The molecule has 0 saturated carbocycles. The number of hydrogen-bond acceptors (Lipinski definition) is 5. The Balaban J connectivity index is 1.27. The lowest BCUT2D eigenvalue weighted by molar-refractivity contribution is -0.129. The van der Waals surface area contributed by atoms with Crippen LogP contribution in [-0.4, -0.2) is 80.5 Å². The van der Waals surface area contributed by atoms with E-state index in [2.05, 4.69) is 67.1 Å². The normalized spacial score (nSPS) is 21.9. The van der Waals surface area contributed by atoms with Crippen LogP contribution in [0.15, 0.2) is 46.9 Å². The molecule has 38 heavy (non-hydrogen) atoms. The van der Waals surface area contributed by atoms with Crippen LogP contribution < -0.4 is 4.74 Å². The third kappa shape index (κ3) is 4.76. The molecule has 0 radical (unpaired) electrons. The van der Waals surface area contributed by atoms with E-state index in [9.17, 15) is 4.79 Å². The van der Waals surface area contributed by atoms with Gasteiger partial charge in [-0.3, -0.25) is 9.69 Å². The van der Waals surface area contributed by atoms with Crippen molar-refractivity contribution in [3.63, 3.8) is 0 Å². The second-order valence-electron chi connectivity index (χ2n) is 10.5. The fourth-order valence-corrected chi connectivity index (χ4v) is 7.86. The zero-order valence-corrected chi connectivity index (χ0v) is 25.0. The molecule has 2 saturated heterocycles. The number of carbonyl (C=O) groups excluding carboxylic acids is 1. The quantitative estimate of drug-likeness (QED) is 0.277. The minimum Gasteiger partial charge on any atom is -0.494 e. The van der Waals surface area contributed by atoms with Crippen molar-refractivity contribution in [3.8, 4) is 5.75 Å². The van der Waals surface area contributed by atoms with Gasteiger partial charge in [-0.05, 0) is 73.9 Å². The first kappa shape index (κ1) is 26.2. The molecule has 2 atom stereocenters. The Morgan fingerprint density at radius 2 is 1.92 bits per heavy atom. The maximum absolute atomic E-state index is 13.6. The van der Waals surface area contributed by atoms with E-state index in [1.165, 1.54) is 30.2 Å². The van der Waals surface area contributed by atoms with Crippen LogP contribution >= 0.6 is 39.9 Å². The van der Waals surface area contributed by atoms with Crippen molar-refractivity contribution in [2.75, 3.05) is 37.7 Å². The summed E-state index contributed by atoms with van der Waals surface area (Å²) in [5, 5.41) is 1.77. The average Bonchev–Trinajstić information content (AvgIpc) is 3.40. The largest absolute Gasteiger partial charge is 0.494 e. The van der Waals surface area contributed by atoms with Crippen molar-refractivity contribution in [1.29, 1.82) is 0 Å². The second-order valence-corrected chi connectivity index (χ2v) is 13.1. The number of nitrogens with one attached hydrogen (secondary N) is 1. The van der Waals surface area contributed by atoms with E-state index in [1.54, 1.807) is 4.90 Å². The van der Waals surface area contributed by atoms with E-state index in [-0.39, 0.29) is 24.0 Å².